The number of aromatic nitrogens is 2. The lowest BCUT2D eigenvalue weighted by atomic mass is 9.82. The number of aromatic hydroxyl groups is 1. The van der Waals surface area contributed by atoms with Gasteiger partial charge in [-0.05, 0) is 25.1 Å². The molecule has 0 unspecified atom stereocenters. The van der Waals surface area contributed by atoms with Gasteiger partial charge in [-0.25, -0.2) is 0 Å². The lowest BCUT2D eigenvalue weighted by Gasteiger charge is -2.25. The summed E-state index contributed by atoms with van der Waals surface area (Å²) in [4.78, 5) is 16.3. The highest BCUT2D eigenvalue weighted by molar-refractivity contribution is 7.71. The van der Waals surface area contributed by atoms with E-state index in [2.05, 4.69) is 9.97 Å². The van der Waals surface area contributed by atoms with E-state index in [0.717, 1.165) is 19.3 Å². The molecule has 0 aromatic carbocycles. The summed E-state index contributed by atoms with van der Waals surface area (Å²) in [6.45, 7) is 0. The standard InChI is InChI=1S/C8H10N2O2S/c11-6-5(4-2-1-3-4)9-8(13)10-7(6)12/h4,11H,1-3H2,(H2,9,10,12,13). The third-order valence-electron chi connectivity index (χ3n) is 2.46. The highest BCUT2D eigenvalue weighted by Crippen LogP contribution is 2.37. The zero-order chi connectivity index (χ0) is 9.42. The Morgan fingerprint density at radius 1 is 1.38 bits per heavy atom. The highest BCUT2D eigenvalue weighted by Gasteiger charge is 2.24. The zero-order valence-electron chi connectivity index (χ0n) is 6.96. The Bertz CT molecular complexity index is 431. The first-order chi connectivity index (χ1) is 6.18. The van der Waals surface area contributed by atoms with Gasteiger partial charge in [0.15, 0.2) is 4.77 Å². The number of rotatable bonds is 1. The minimum Gasteiger partial charge on any atom is -0.502 e. The molecule has 0 saturated heterocycles. The highest BCUT2D eigenvalue weighted by atomic mass is 32.1. The fourth-order valence-corrected chi connectivity index (χ4v) is 1.69. The van der Waals surface area contributed by atoms with Crippen LogP contribution in [0.5, 0.6) is 5.75 Å². The van der Waals surface area contributed by atoms with Crippen LogP contribution in [0.1, 0.15) is 30.9 Å². The van der Waals surface area contributed by atoms with Gasteiger partial charge >= 0.3 is 0 Å². The van der Waals surface area contributed by atoms with E-state index < -0.39 is 5.56 Å². The summed E-state index contributed by atoms with van der Waals surface area (Å²) in [5, 5.41) is 9.44. The van der Waals surface area contributed by atoms with Crippen LogP contribution in [0.2, 0.25) is 0 Å². The van der Waals surface area contributed by atoms with Gasteiger partial charge in [-0.1, -0.05) is 6.42 Å². The minimum atomic E-state index is -0.495. The molecule has 1 fully saturated rings. The number of H-pyrrole nitrogens is 2. The molecule has 70 valence electrons. The molecule has 0 amide bonds. The zero-order valence-corrected chi connectivity index (χ0v) is 7.78. The predicted molar refractivity (Wildman–Crippen MR) is 50.5 cm³/mol. The van der Waals surface area contributed by atoms with Crippen molar-refractivity contribution in [3.8, 4) is 5.75 Å². The average Bonchev–Trinajstić information content (AvgIpc) is 1.95. The van der Waals surface area contributed by atoms with Gasteiger partial charge in [0.2, 0.25) is 5.75 Å². The summed E-state index contributed by atoms with van der Waals surface area (Å²) >= 11 is 4.82. The van der Waals surface area contributed by atoms with Crippen molar-refractivity contribution in [3.63, 3.8) is 0 Å². The molecule has 1 aromatic heterocycles. The van der Waals surface area contributed by atoms with Crippen LogP contribution in [0, 0.1) is 4.77 Å². The van der Waals surface area contributed by atoms with Crippen LogP contribution in [0.4, 0.5) is 0 Å². The van der Waals surface area contributed by atoms with Gasteiger partial charge in [0.1, 0.15) is 0 Å². The van der Waals surface area contributed by atoms with Crippen molar-refractivity contribution in [2.45, 2.75) is 25.2 Å². The maximum atomic E-state index is 11.1. The molecule has 0 bridgehead atoms. The van der Waals surface area contributed by atoms with Gasteiger partial charge in [-0.2, -0.15) is 0 Å². The molecular formula is C8H10N2O2S. The number of hydrogen-bond donors (Lipinski definition) is 3. The molecular weight excluding hydrogens is 188 g/mol. The van der Waals surface area contributed by atoms with E-state index in [1.807, 2.05) is 0 Å². The third kappa shape index (κ3) is 1.39. The fourth-order valence-electron chi connectivity index (χ4n) is 1.49. The van der Waals surface area contributed by atoms with Crippen molar-refractivity contribution < 1.29 is 5.11 Å². The second kappa shape index (κ2) is 2.99. The fraction of sp³-hybridized carbons (Fsp3) is 0.500. The lowest BCUT2D eigenvalue weighted by molar-refractivity contribution is 0.378. The Hall–Kier alpha value is -1.10. The topological polar surface area (TPSA) is 68.9 Å². The summed E-state index contributed by atoms with van der Waals surface area (Å²) in [7, 11) is 0. The number of aromatic amines is 2. The molecule has 1 saturated carbocycles. The molecule has 4 nitrogen and oxygen atoms in total. The maximum absolute atomic E-state index is 11.1. The summed E-state index contributed by atoms with van der Waals surface area (Å²) < 4.78 is 0.282. The second-order valence-corrected chi connectivity index (χ2v) is 3.71. The molecule has 0 atom stereocenters. The van der Waals surface area contributed by atoms with Crippen LogP contribution in [0.15, 0.2) is 4.79 Å². The van der Waals surface area contributed by atoms with Gasteiger partial charge in [0.05, 0.1) is 5.69 Å². The first kappa shape index (κ1) is 8.50. The van der Waals surface area contributed by atoms with Crippen LogP contribution >= 0.6 is 12.2 Å². The Morgan fingerprint density at radius 3 is 2.62 bits per heavy atom. The quantitative estimate of drug-likeness (QED) is 0.597. The monoisotopic (exact) mass is 198 g/mol. The number of hydrogen-bond acceptors (Lipinski definition) is 3. The lowest BCUT2D eigenvalue weighted by Crippen LogP contribution is -2.17. The van der Waals surface area contributed by atoms with Gasteiger partial charge in [0.25, 0.3) is 5.56 Å². The van der Waals surface area contributed by atoms with Gasteiger partial charge in [-0.3, -0.25) is 9.78 Å². The molecule has 5 heteroatoms. The molecule has 1 heterocycles. The minimum absolute atomic E-state index is 0.210. The Kier molecular flexibility index (Phi) is 1.95. The SMILES string of the molecule is O=c1[nH]c(=S)[nH]c(C2CCC2)c1O. The van der Waals surface area contributed by atoms with Crippen LogP contribution in [0.3, 0.4) is 0 Å². The van der Waals surface area contributed by atoms with Crippen molar-refractivity contribution in [1.29, 1.82) is 0 Å². The molecule has 2 rings (SSSR count). The van der Waals surface area contributed by atoms with E-state index >= 15 is 0 Å². The largest absolute Gasteiger partial charge is 0.502 e. The smallest absolute Gasteiger partial charge is 0.294 e. The molecule has 0 spiro atoms. The molecule has 1 aromatic rings. The first-order valence-corrected chi connectivity index (χ1v) is 4.65. The summed E-state index contributed by atoms with van der Waals surface area (Å²) in [5.74, 6) is 0.0716. The molecule has 13 heavy (non-hydrogen) atoms. The predicted octanol–water partition coefficient (Wildman–Crippen LogP) is 1.41. The summed E-state index contributed by atoms with van der Waals surface area (Å²) in [6.07, 6.45) is 3.18. The van der Waals surface area contributed by atoms with Crippen molar-refractivity contribution in [1.82, 2.24) is 9.97 Å². The van der Waals surface area contributed by atoms with E-state index in [9.17, 15) is 9.90 Å². The van der Waals surface area contributed by atoms with E-state index in [1.165, 1.54) is 0 Å². The van der Waals surface area contributed by atoms with Crippen LogP contribution in [-0.4, -0.2) is 15.1 Å². The number of nitrogens with one attached hydrogen (secondary N) is 2. The Morgan fingerprint density at radius 2 is 2.08 bits per heavy atom. The Balaban J connectivity index is 2.55. The van der Waals surface area contributed by atoms with E-state index in [-0.39, 0.29) is 16.4 Å². The van der Waals surface area contributed by atoms with Gasteiger partial charge < -0.3 is 10.1 Å². The van der Waals surface area contributed by atoms with E-state index in [4.69, 9.17) is 12.2 Å². The molecule has 0 aliphatic heterocycles. The summed E-state index contributed by atoms with van der Waals surface area (Å²) in [6, 6.07) is 0. The van der Waals surface area contributed by atoms with E-state index in [1.54, 1.807) is 0 Å². The van der Waals surface area contributed by atoms with Crippen molar-refractivity contribution in [2.24, 2.45) is 0 Å². The molecule has 3 N–H and O–H groups in total. The molecule has 1 aliphatic rings. The van der Waals surface area contributed by atoms with Crippen molar-refractivity contribution >= 4 is 12.2 Å². The van der Waals surface area contributed by atoms with Crippen molar-refractivity contribution in [2.75, 3.05) is 0 Å². The maximum Gasteiger partial charge on any atom is 0.294 e. The van der Waals surface area contributed by atoms with Crippen molar-refractivity contribution in [3.05, 3.63) is 20.8 Å². The van der Waals surface area contributed by atoms with Crippen LogP contribution < -0.4 is 5.56 Å². The van der Waals surface area contributed by atoms with Gasteiger partial charge in [0, 0.05) is 5.92 Å². The van der Waals surface area contributed by atoms with E-state index in [0.29, 0.717) is 5.69 Å². The third-order valence-corrected chi connectivity index (χ3v) is 2.66. The first-order valence-electron chi connectivity index (χ1n) is 4.24. The second-order valence-electron chi connectivity index (χ2n) is 3.30. The van der Waals surface area contributed by atoms with Crippen LogP contribution in [0.25, 0.3) is 0 Å². The normalized spacial score (nSPS) is 16.9. The molecule has 0 radical (unpaired) electrons. The summed E-state index contributed by atoms with van der Waals surface area (Å²) in [5.41, 5.74) is 0.102. The average molecular weight is 198 g/mol. The van der Waals surface area contributed by atoms with Crippen LogP contribution in [-0.2, 0) is 0 Å². The molecule has 1 aliphatic carbocycles. The van der Waals surface area contributed by atoms with Gasteiger partial charge in [-0.15, -0.1) is 0 Å². The Labute approximate surface area is 79.6 Å².